The first-order chi connectivity index (χ1) is 8.25. The van der Waals surface area contributed by atoms with Crippen molar-refractivity contribution in [3.05, 3.63) is 42.0 Å². The molecule has 2 heteroatoms. The Balaban J connectivity index is 1.84. The predicted octanol–water partition coefficient (Wildman–Crippen LogP) is 2.55. The van der Waals surface area contributed by atoms with Crippen LogP contribution < -0.4 is 0 Å². The fourth-order valence-corrected chi connectivity index (χ4v) is 2.42. The monoisotopic (exact) mass is 231 g/mol. The zero-order valence-electron chi connectivity index (χ0n) is 10.4. The summed E-state index contributed by atoms with van der Waals surface area (Å²) >= 11 is 0. The van der Waals surface area contributed by atoms with Crippen LogP contribution in [0.25, 0.3) is 6.08 Å². The van der Waals surface area contributed by atoms with E-state index in [2.05, 4.69) is 11.9 Å². The minimum absolute atomic E-state index is 0.333. The Morgan fingerprint density at radius 3 is 2.82 bits per heavy atom. The summed E-state index contributed by atoms with van der Waals surface area (Å²) < 4.78 is 0. The molecular formula is C15H21NO. The highest BCUT2D eigenvalue weighted by Gasteiger charge is 2.22. The molecule has 1 N–H and O–H groups in total. The summed E-state index contributed by atoms with van der Waals surface area (Å²) in [7, 11) is 2.14. The number of likely N-dealkylation sites (tertiary alicyclic amines) is 1. The Kier molecular flexibility index (Phi) is 4.35. The Labute approximate surface area is 104 Å². The lowest BCUT2D eigenvalue weighted by atomic mass is 10.1. The molecule has 1 aliphatic rings. The van der Waals surface area contributed by atoms with Gasteiger partial charge >= 0.3 is 0 Å². The van der Waals surface area contributed by atoms with Gasteiger partial charge in [0.1, 0.15) is 0 Å². The van der Waals surface area contributed by atoms with Gasteiger partial charge in [-0.05, 0) is 38.4 Å². The third-order valence-corrected chi connectivity index (χ3v) is 3.50. The second kappa shape index (κ2) is 5.99. The van der Waals surface area contributed by atoms with Gasteiger partial charge in [-0.25, -0.2) is 0 Å². The predicted molar refractivity (Wildman–Crippen MR) is 71.8 cm³/mol. The standard InChI is InChI=1S/C15H21NO/c1-16-11-5-8-14(16)12-15(17)10-9-13-6-3-2-4-7-13/h2-4,6-7,9-10,14-15,17H,5,8,11-12H2,1H3/b10-9+/t14-,15-/m1/s1. The van der Waals surface area contributed by atoms with Crippen LogP contribution in [0.1, 0.15) is 24.8 Å². The smallest absolute Gasteiger partial charge is 0.0739 e. The molecule has 1 aliphatic heterocycles. The minimum atomic E-state index is -0.333. The molecule has 92 valence electrons. The van der Waals surface area contributed by atoms with Gasteiger partial charge in [0.2, 0.25) is 0 Å². The van der Waals surface area contributed by atoms with Crippen molar-refractivity contribution in [3.63, 3.8) is 0 Å². The molecule has 17 heavy (non-hydrogen) atoms. The fourth-order valence-electron chi connectivity index (χ4n) is 2.42. The number of aliphatic hydroxyl groups excluding tert-OH is 1. The highest BCUT2D eigenvalue weighted by atomic mass is 16.3. The number of rotatable bonds is 4. The summed E-state index contributed by atoms with van der Waals surface area (Å²) in [5.41, 5.74) is 1.14. The summed E-state index contributed by atoms with van der Waals surface area (Å²) in [5, 5.41) is 9.98. The van der Waals surface area contributed by atoms with E-state index in [0.717, 1.165) is 12.0 Å². The minimum Gasteiger partial charge on any atom is -0.389 e. The SMILES string of the molecule is CN1CCC[C@@H]1C[C@H](O)/C=C/c1ccccc1. The Morgan fingerprint density at radius 2 is 2.18 bits per heavy atom. The Hall–Kier alpha value is -1.12. The van der Waals surface area contributed by atoms with E-state index < -0.39 is 0 Å². The van der Waals surface area contributed by atoms with Gasteiger partial charge in [0.05, 0.1) is 6.10 Å². The number of hydrogen-bond donors (Lipinski definition) is 1. The van der Waals surface area contributed by atoms with Gasteiger partial charge < -0.3 is 10.0 Å². The van der Waals surface area contributed by atoms with Crippen LogP contribution in [0.15, 0.2) is 36.4 Å². The first-order valence-corrected chi connectivity index (χ1v) is 6.37. The third-order valence-electron chi connectivity index (χ3n) is 3.50. The quantitative estimate of drug-likeness (QED) is 0.861. The molecule has 0 saturated carbocycles. The lowest BCUT2D eigenvalue weighted by molar-refractivity contribution is 0.167. The molecule has 1 aromatic carbocycles. The highest BCUT2D eigenvalue weighted by molar-refractivity contribution is 5.49. The van der Waals surface area contributed by atoms with E-state index in [9.17, 15) is 5.11 Å². The second-order valence-corrected chi connectivity index (χ2v) is 4.85. The summed E-state index contributed by atoms with van der Waals surface area (Å²) in [5.74, 6) is 0. The van der Waals surface area contributed by atoms with Crippen LogP contribution in [0.3, 0.4) is 0 Å². The molecule has 0 spiro atoms. The molecular weight excluding hydrogens is 210 g/mol. The lowest BCUT2D eigenvalue weighted by Gasteiger charge is -2.20. The van der Waals surface area contributed by atoms with Gasteiger partial charge in [-0.15, -0.1) is 0 Å². The number of aliphatic hydroxyl groups is 1. The molecule has 2 rings (SSSR count). The molecule has 1 fully saturated rings. The first kappa shape index (κ1) is 12.3. The number of benzene rings is 1. The van der Waals surface area contributed by atoms with Crippen molar-refractivity contribution < 1.29 is 5.11 Å². The van der Waals surface area contributed by atoms with Crippen LogP contribution in [-0.4, -0.2) is 35.7 Å². The lowest BCUT2D eigenvalue weighted by Crippen LogP contribution is -2.28. The Morgan fingerprint density at radius 1 is 1.41 bits per heavy atom. The van der Waals surface area contributed by atoms with Crippen LogP contribution in [0, 0.1) is 0 Å². The van der Waals surface area contributed by atoms with E-state index in [1.165, 1.54) is 19.4 Å². The average Bonchev–Trinajstić information content (AvgIpc) is 2.74. The first-order valence-electron chi connectivity index (χ1n) is 6.37. The van der Waals surface area contributed by atoms with Crippen molar-refractivity contribution in [1.29, 1.82) is 0 Å². The molecule has 1 saturated heterocycles. The molecule has 2 nitrogen and oxygen atoms in total. The molecule has 1 heterocycles. The molecule has 2 atom stereocenters. The van der Waals surface area contributed by atoms with Gasteiger partial charge in [0.15, 0.2) is 0 Å². The van der Waals surface area contributed by atoms with Crippen molar-refractivity contribution in [2.45, 2.75) is 31.4 Å². The number of nitrogens with zero attached hydrogens (tertiary/aromatic N) is 1. The zero-order valence-corrected chi connectivity index (χ0v) is 10.4. The van der Waals surface area contributed by atoms with Gasteiger partial charge in [-0.3, -0.25) is 0 Å². The van der Waals surface area contributed by atoms with Crippen LogP contribution >= 0.6 is 0 Å². The maximum absolute atomic E-state index is 9.98. The molecule has 0 bridgehead atoms. The van der Waals surface area contributed by atoms with Crippen LogP contribution in [0.4, 0.5) is 0 Å². The van der Waals surface area contributed by atoms with E-state index in [-0.39, 0.29) is 6.10 Å². The van der Waals surface area contributed by atoms with Gasteiger partial charge in [0, 0.05) is 6.04 Å². The summed E-state index contributed by atoms with van der Waals surface area (Å²) in [4.78, 5) is 2.35. The zero-order chi connectivity index (χ0) is 12.1. The second-order valence-electron chi connectivity index (χ2n) is 4.85. The highest BCUT2D eigenvalue weighted by Crippen LogP contribution is 2.19. The van der Waals surface area contributed by atoms with Crippen LogP contribution in [-0.2, 0) is 0 Å². The molecule has 0 aromatic heterocycles. The van der Waals surface area contributed by atoms with Gasteiger partial charge in [-0.2, -0.15) is 0 Å². The van der Waals surface area contributed by atoms with Crippen molar-refractivity contribution in [3.8, 4) is 0 Å². The van der Waals surface area contributed by atoms with Crippen molar-refractivity contribution in [1.82, 2.24) is 4.90 Å². The van der Waals surface area contributed by atoms with Gasteiger partial charge in [0.25, 0.3) is 0 Å². The summed E-state index contributed by atoms with van der Waals surface area (Å²) in [6.45, 7) is 1.17. The third kappa shape index (κ3) is 3.69. The summed E-state index contributed by atoms with van der Waals surface area (Å²) in [6, 6.07) is 10.7. The van der Waals surface area contributed by atoms with E-state index in [4.69, 9.17) is 0 Å². The largest absolute Gasteiger partial charge is 0.389 e. The van der Waals surface area contributed by atoms with Crippen LogP contribution in [0.2, 0.25) is 0 Å². The van der Waals surface area contributed by atoms with Crippen molar-refractivity contribution >= 4 is 6.08 Å². The molecule has 0 amide bonds. The summed E-state index contributed by atoms with van der Waals surface area (Å²) in [6.07, 6.45) is 6.89. The average molecular weight is 231 g/mol. The number of hydrogen-bond acceptors (Lipinski definition) is 2. The van der Waals surface area contributed by atoms with Gasteiger partial charge in [-0.1, -0.05) is 42.5 Å². The molecule has 0 radical (unpaired) electrons. The maximum atomic E-state index is 9.98. The van der Waals surface area contributed by atoms with Crippen molar-refractivity contribution in [2.24, 2.45) is 0 Å². The molecule has 0 unspecified atom stereocenters. The van der Waals surface area contributed by atoms with E-state index in [0.29, 0.717) is 6.04 Å². The fraction of sp³-hybridized carbons (Fsp3) is 0.467. The van der Waals surface area contributed by atoms with E-state index in [1.807, 2.05) is 42.5 Å². The van der Waals surface area contributed by atoms with E-state index >= 15 is 0 Å². The molecule has 0 aliphatic carbocycles. The van der Waals surface area contributed by atoms with Crippen LogP contribution in [0.5, 0.6) is 0 Å². The Bertz CT molecular complexity index is 360. The molecule has 1 aromatic rings. The topological polar surface area (TPSA) is 23.5 Å². The van der Waals surface area contributed by atoms with Crippen molar-refractivity contribution in [2.75, 3.05) is 13.6 Å². The maximum Gasteiger partial charge on any atom is 0.0739 e. The van der Waals surface area contributed by atoms with E-state index in [1.54, 1.807) is 0 Å². The normalized spacial score (nSPS) is 23.3.